The molecule has 8 rings (SSSR count). The topological polar surface area (TPSA) is 59.1 Å². The van der Waals surface area contributed by atoms with E-state index >= 15 is 0 Å². The molecular weight excluding hydrogens is 540 g/mol. The molecular formula is C39H48N4O. The van der Waals surface area contributed by atoms with Crippen molar-refractivity contribution in [2.24, 2.45) is 0 Å². The molecule has 0 radical (unpaired) electrons. The Balaban J connectivity index is 1.07. The molecule has 5 aliphatic carbocycles. The van der Waals surface area contributed by atoms with Gasteiger partial charge >= 0.3 is 0 Å². The molecule has 0 bridgehead atoms. The van der Waals surface area contributed by atoms with Gasteiger partial charge in [0.15, 0.2) is 0 Å². The Labute approximate surface area is 263 Å². The summed E-state index contributed by atoms with van der Waals surface area (Å²) in [4.78, 5) is 9.40. The fourth-order valence-corrected chi connectivity index (χ4v) is 10.2. The maximum atomic E-state index is 5.82. The highest BCUT2D eigenvalue weighted by atomic mass is 16.5. The first kappa shape index (κ1) is 28.2. The van der Waals surface area contributed by atoms with Crippen molar-refractivity contribution in [3.8, 4) is 5.75 Å². The normalized spacial score (nSPS) is 21.8. The lowest BCUT2D eigenvalue weighted by Gasteiger charge is -2.35. The smallest absolute Gasteiger partial charge is 0.138 e. The molecule has 2 N–H and O–H groups in total. The van der Waals surface area contributed by atoms with Crippen LogP contribution in [0.4, 0.5) is 17.3 Å². The predicted molar refractivity (Wildman–Crippen MR) is 180 cm³/mol. The summed E-state index contributed by atoms with van der Waals surface area (Å²) in [6, 6.07) is 9.33. The molecule has 44 heavy (non-hydrogen) atoms. The van der Waals surface area contributed by atoms with Crippen LogP contribution in [-0.4, -0.2) is 17.1 Å². The van der Waals surface area contributed by atoms with Crippen molar-refractivity contribution in [1.29, 1.82) is 0 Å². The number of aryl methyl sites for hydroxylation is 1. The van der Waals surface area contributed by atoms with E-state index in [1.807, 2.05) is 0 Å². The summed E-state index contributed by atoms with van der Waals surface area (Å²) in [5.74, 6) is 2.69. The zero-order valence-electron chi connectivity index (χ0n) is 27.0. The van der Waals surface area contributed by atoms with Gasteiger partial charge in [-0.25, -0.2) is 9.97 Å². The van der Waals surface area contributed by atoms with Gasteiger partial charge in [-0.05, 0) is 139 Å². The molecule has 5 nitrogen and oxygen atoms in total. The van der Waals surface area contributed by atoms with Crippen LogP contribution in [0.2, 0.25) is 0 Å². The minimum Gasteiger partial charge on any atom is -0.497 e. The number of methoxy groups -OCH3 is 1. The van der Waals surface area contributed by atoms with Crippen LogP contribution in [0.25, 0.3) is 5.57 Å². The third kappa shape index (κ3) is 4.40. The Bertz CT molecular complexity index is 1640. The van der Waals surface area contributed by atoms with Gasteiger partial charge in [-0.3, -0.25) is 0 Å². The van der Waals surface area contributed by atoms with E-state index in [1.165, 1.54) is 111 Å². The number of hydrogen-bond acceptors (Lipinski definition) is 5. The lowest BCUT2D eigenvalue weighted by Crippen LogP contribution is -2.27. The number of aromatic nitrogens is 2. The molecule has 5 aliphatic rings. The van der Waals surface area contributed by atoms with Crippen LogP contribution in [0.5, 0.6) is 5.75 Å². The van der Waals surface area contributed by atoms with E-state index < -0.39 is 0 Å². The van der Waals surface area contributed by atoms with Crippen molar-refractivity contribution >= 4 is 22.9 Å². The molecule has 3 fully saturated rings. The Morgan fingerprint density at radius 3 is 2.20 bits per heavy atom. The number of hydrogen-bond donors (Lipinski definition) is 2. The van der Waals surface area contributed by atoms with E-state index in [2.05, 4.69) is 60.3 Å². The molecule has 0 saturated heterocycles. The van der Waals surface area contributed by atoms with Crippen molar-refractivity contribution in [3.05, 3.63) is 76.1 Å². The van der Waals surface area contributed by atoms with Gasteiger partial charge in [-0.2, -0.15) is 0 Å². The van der Waals surface area contributed by atoms with E-state index in [4.69, 9.17) is 9.72 Å². The highest BCUT2D eigenvalue weighted by Crippen LogP contribution is 2.67. The molecule has 5 heteroatoms. The van der Waals surface area contributed by atoms with E-state index in [1.54, 1.807) is 24.6 Å². The van der Waals surface area contributed by atoms with E-state index in [0.29, 0.717) is 17.4 Å². The molecule has 2 aromatic carbocycles. The van der Waals surface area contributed by atoms with Gasteiger partial charge < -0.3 is 15.4 Å². The highest BCUT2D eigenvalue weighted by molar-refractivity contribution is 5.78. The van der Waals surface area contributed by atoms with Crippen LogP contribution in [0.3, 0.4) is 0 Å². The molecule has 3 saturated carbocycles. The number of fused-ring (bicyclic) bond motifs is 5. The van der Waals surface area contributed by atoms with Crippen LogP contribution in [-0.2, 0) is 22.8 Å². The van der Waals surface area contributed by atoms with Crippen molar-refractivity contribution in [2.45, 2.75) is 127 Å². The molecule has 0 unspecified atom stereocenters. The summed E-state index contributed by atoms with van der Waals surface area (Å²) < 4.78 is 5.82. The monoisotopic (exact) mass is 588 g/mol. The van der Waals surface area contributed by atoms with Gasteiger partial charge in [0.05, 0.1) is 7.11 Å². The number of allylic oxidation sites excluding steroid dienone is 1. The van der Waals surface area contributed by atoms with Crippen molar-refractivity contribution in [1.82, 2.24) is 9.97 Å². The van der Waals surface area contributed by atoms with Gasteiger partial charge in [0.25, 0.3) is 0 Å². The summed E-state index contributed by atoms with van der Waals surface area (Å²) in [5.41, 5.74) is 13.4. The fraction of sp³-hybridized carbons (Fsp3) is 0.538. The van der Waals surface area contributed by atoms with Crippen LogP contribution in [0.15, 0.2) is 37.2 Å². The van der Waals surface area contributed by atoms with Gasteiger partial charge in [0.2, 0.25) is 0 Å². The molecule has 1 heterocycles. The first-order valence-corrected chi connectivity index (χ1v) is 17.2. The molecule has 3 spiro atoms. The van der Waals surface area contributed by atoms with E-state index in [0.717, 1.165) is 35.1 Å². The fourth-order valence-electron chi connectivity index (χ4n) is 10.2. The number of rotatable bonds is 6. The number of nitrogens with one attached hydrogen (secondary N) is 2. The first-order valence-electron chi connectivity index (χ1n) is 17.2. The first-order chi connectivity index (χ1) is 21.4. The maximum absolute atomic E-state index is 5.82. The Hall–Kier alpha value is -3.34. The molecule has 0 aliphatic heterocycles. The molecule has 3 aromatic rings. The second-order valence-corrected chi connectivity index (χ2v) is 15.0. The zero-order valence-corrected chi connectivity index (χ0v) is 27.0. The Morgan fingerprint density at radius 2 is 1.50 bits per heavy atom. The average Bonchev–Trinajstić information content (AvgIpc) is 3.68. The molecule has 0 atom stereocenters. The van der Waals surface area contributed by atoms with Gasteiger partial charge in [-0.15, -0.1) is 0 Å². The van der Waals surface area contributed by atoms with E-state index in [9.17, 15) is 0 Å². The van der Waals surface area contributed by atoms with Crippen LogP contribution in [0, 0.1) is 13.8 Å². The number of nitrogens with zero attached hydrogens (tertiary/aromatic N) is 2. The summed E-state index contributed by atoms with van der Waals surface area (Å²) in [5, 5.41) is 7.41. The van der Waals surface area contributed by atoms with Gasteiger partial charge in [0.1, 0.15) is 23.7 Å². The third-order valence-electron chi connectivity index (χ3n) is 12.3. The largest absolute Gasteiger partial charge is 0.497 e. The minimum absolute atomic E-state index is 0.235. The predicted octanol–water partition coefficient (Wildman–Crippen LogP) is 9.71. The lowest BCUT2D eigenvalue weighted by atomic mass is 9.69. The minimum atomic E-state index is 0.235. The number of anilines is 3. The molecule has 0 amide bonds. The van der Waals surface area contributed by atoms with Gasteiger partial charge in [-0.1, -0.05) is 45.1 Å². The molecule has 1 aromatic heterocycles. The summed E-state index contributed by atoms with van der Waals surface area (Å²) >= 11 is 0. The highest BCUT2D eigenvalue weighted by Gasteiger charge is 2.58. The standard InChI is InChI=1S/C39H48N4O/c1-25-17-29(19-32-34(25)39(15-16-39)23-38(32)13-9-6-10-14-38)43-36-27(3)35(41-24-42-36)40-22-28-18-30(44-4)20-31-33(28)26(2)21-37(31)11-7-5-8-12-37/h17-20,24H,2,5-16,21-23H2,1,3-4H3,(H2,40,41,42,43). The summed E-state index contributed by atoms with van der Waals surface area (Å²) in [6.07, 6.45) is 20.2. The number of benzene rings is 2. The third-order valence-corrected chi connectivity index (χ3v) is 12.3. The van der Waals surface area contributed by atoms with Crippen LogP contribution >= 0.6 is 0 Å². The SMILES string of the molecule is C=C1CC2(CCCCC2)c2cc(OC)cc(CNc3ncnc(Nc4cc(C)c5c(c4)C4(CCCCC4)CC54CC4)c3C)c21. The Morgan fingerprint density at radius 1 is 0.795 bits per heavy atom. The zero-order chi connectivity index (χ0) is 30.1. The Kier molecular flexibility index (Phi) is 6.63. The average molecular weight is 589 g/mol. The van der Waals surface area contributed by atoms with Crippen molar-refractivity contribution in [2.75, 3.05) is 17.7 Å². The molecule has 230 valence electrons. The second-order valence-electron chi connectivity index (χ2n) is 15.0. The number of ether oxygens (including phenoxy) is 1. The van der Waals surface area contributed by atoms with Crippen molar-refractivity contribution < 1.29 is 4.74 Å². The summed E-state index contributed by atoms with van der Waals surface area (Å²) in [6.45, 7) is 9.70. The maximum Gasteiger partial charge on any atom is 0.138 e. The van der Waals surface area contributed by atoms with Crippen LogP contribution in [0.1, 0.15) is 129 Å². The summed E-state index contributed by atoms with van der Waals surface area (Å²) in [7, 11) is 1.78. The van der Waals surface area contributed by atoms with Crippen molar-refractivity contribution in [3.63, 3.8) is 0 Å². The lowest BCUT2D eigenvalue weighted by molar-refractivity contribution is 0.275. The van der Waals surface area contributed by atoms with Gasteiger partial charge in [0, 0.05) is 23.2 Å². The quantitative estimate of drug-likeness (QED) is 0.300. The van der Waals surface area contributed by atoms with E-state index in [-0.39, 0.29) is 5.41 Å². The van der Waals surface area contributed by atoms with Crippen LogP contribution < -0.4 is 15.4 Å². The second kappa shape index (κ2) is 10.4.